The van der Waals surface area contributed by atoms with Gasteiger partial charge in [0.25, 0.3) is 0 Å². The van der Waals surface area contributed by atoms with Gasteiger partial charge >= 0.3 is 5.97 Å². The summed E-state index contributed by atoms with van der Waals surface area (Å²) >= 11 is 0. The standard InChI is InChI=1S/C26H34N6O4/c1-25(2,33)9-8-19-6-4-7-22(14-19)26(34,35)36-23-15-20(17-29-24(23)28)21(16-27)18-30-32-11-5-10-31(3)12-13-32/h4,6-7,14-18,33-35H,5,10-13,27H2,1-3H3,(H2,28,29). The number of aliphatic hydroxyl groups is 3. The maximum atomic E-state index is 10.7. The fourth-order valence-electron chi connectivity index (χ4n) is 3.44. The van der Waals surface area contributed by atoms with Crippen LogP contribution in [0.1, 0.15) is 37.0 Å². The molecule has 0 bridgehead atoms. The van der Waals surface area contributed by atoms with Crippen LogP contribution in [0.2, 0.25) is 0 Å². The van der Waals surface area contributed by atoms with Crippen molar-refractivity contribution in [1.29, 1.82) is 0 Å². The van der Waals surface area contributed by atoms with Crippen LogP contribution in [0.4, 0.5) is 5.82 Å². The molecule has 0 unspecified atom stereocenters. The smallest absolute Gasteiger partial charge is 0.351 e. The van der Waals surface area contributed by atoms with E-state index in [4.69, 9.17) is 16.2 Å². The molecular weight excluding hydrogens is 460 g/mol. The van der Waals surface area contributed by atoms with Gasteiger partial charge in [-0.1, -0.05) is 17.9 Å². The van der Waals surface area contributed by atoms with Crippen LogP contribution in [0, 0.1) is 11.8 Å². The molecule has 1 aliphatic rings. The molecule has 1 fully saturated rings. The number of hydrogen-bond acceptors (Lipinski definition) is 10. The van der Waals surface area contributed by atoms with E-state index in [1.54, 1.807) is 32.2 Å². The minimum absolute atomic E-state index is 0.0251. The van der Waals surface area contributed by atoms with Crippen LogP contribution in [-0.4, -0.2) is 75.3 Å². The molecule has 10 heteroatoms. The third-order valence-corrected chi connectivity index (χ3v) is 5.45. The van der Waals surface area contributed by atoms with E-state index in [1.165, 1.54) is 30.6 Å². The molecule has 0 saturated carbocycles. The molecular formula is C26H34N6O4. The van der Waals surface area contributed by atoms with Crippen LogP contribution in [0.3, 0.4) is 0 Å². The second kappa shape index (κ2) is 11.4. The zero-order chi connectivity index (χ0) is 26.3. The summed E-state index contributed by atoms with van der Waals surface area (Å²) < 4.78 is 5.47. The Kier molecular flexibility index (Phi) is 8.55. The fourth-order valence-corrected chi connectivity index (χ4v) is 3.44. The number of allylic oxidation sites excluding steroid dienone is 1. The van der Waals surface area contributed by atoms with Crippen molar-refractivity contribution in [3.05, 3.63) is 59.4 Å². The quantitative estimate of drug-likeness (QED) is 0.224. The first-order chi connectivity index (χ1) is 17.0. The maximum Gasteiger partial charge on any atom is 0.351 e. The van der Waals surface area contributed by atoms with E-state index in [9.17, 15) is 15.3 Å². The van der Waals surface area contributed by atoms with E-state index in [1.807, 2.05) is 5.01 Å². The fraction of sp³-hybridized carbons (Fsp3) is 0.385. The van der Waals surface area contributed by atoms with E-state index < -0.39 is 11.6 Å². The third-order valence-electron chi connectivity index (χ3n) is 5.45. The van der Waals surface area contributed by atoms with Gasteiger partial charge in [-0.05, 0) is 58.1 Å². The number of nitrogen functional groups attached to an aromatic ring is 1. The number of nitrogens with zero attached hydrogens (tertiary/aromatic N) is 4. The Bertz CT molecular complexity index is 1180. The molecule has 0 spiro atoms. The highest BCUT2D eigenvalue weighted by Crippen LogP contribution is 2.30. The summed E-state index contributed by atoms with van der Waals surface area (Å²) in [6, 6.07) is 7.71. The first-order valence-electron chi connectivity index (χ1n) is 11.6. The highest BCUT2D eigenvalue weighted by molar-refractivity contribution is 6.09. The number of anilines is 1. The molecule has 0 aliphatic carbocycles. The van der Waals surface area contributed by atoms with Gasteiger partial charge in [0.2, 0.25) is 0 Å². The van der Waals surface area contributed by atoms with Crippen molar-refractivity contribution in [3.8, 4) is 17.6 Å². The summed E-state index contributed by atoms with van der Waals surface area (Å²) in [5.41, 5.74) is 12.2. The predicted molar refractivity (Wildman–Crippen MR) is 139 cm³/mol. The van der Waals surface area contributed by atoms with Crippen LogP contribution >= 0.6 is 0 Å². The lowest BCUT2D eigenvalue weighted by Crippen LogP contribution is -2.32. The molecule has 3 rings (SSSR count). The van der Waals surface area contributed by atoms with Crippen molar-refractivity contribution in [1.82, 2.24) is 14.9 Å². The number of pyridine rings is 1. The van der Waals surface area contributed by atoms with Crippen LogP contribution in [-0.2, 0) is 5.97 Å². The van der Waals surface area contributed by atoms with Gasteiger partial charge in [0, 0.05) is 48.7 Å². The molecule has 0 atom stereocenters. The Morgan fingerprint density at radius 3 is 2.67 bits per heavy atom. The predicted octanol–water partition coefficient (Wildman–Crippen LogP) is 0.883. The Labute approximate surface area is 211 Å². The van der Waals surface area contributed by atoms with Crippen molar-refractivity contribution in [2.45, 2.75) is 31.8 Å². The third kappa shape index (κ3) is 7.69. The average Bonchev–Trinajstić information content (AvgIpc) is 3.03. The van der Waals surface area contributed by atoms with Crippen molar-refractivity contribution in [3.63, 3.8) is 0 Å². The maximum absolute atomic E-state index is 10.7. The second-order valence-electron chi connectivity index (χ2n) is 9.18. The minimum Gasteiger partial charge on any atom is -0.432 e. The summed E-state index contributed by atoms with van der Waals surface area (Å²) in [6.07, 6.45) is 5.54. The van der Waals surface area contributed by atoms with Gasteiger partial charge < -0.3 is 36.4 Å². The van der Waals surface area contributed by atoms with Crippen molar-refractivity contribution in [2.24, 2.45) is 10.8 Å². The number of nitrogens with two attached hydrogens (primary N) is 2. The zero-order valence-corrected chi connectivity index (χ0v) is 20.8. The molecule has 2 aromatic rings. The molecule has 0 radical (unpaired) electrons. The van der Waals surface area contributed by atoms with Gasteiger partial charge in [0.15, 0.2) is 11.6 Å². The SMILES string of the molecule is CN1CCCN(N=CC(=CN)c2cnc(N)c(OC(O)(O)c3cccc(C#CC(C)(C)O)c3)c2)CC1. The number of hydrazone groups is 1. The van der Waals surface area contributed by atoms with E-state index in [0.29, 0.717) is 16.7 Å². The topological polar surface area (TPSA) is 154 Å². The minimum atomic E-state index is -2.72. The zero-order valence-electron chi connectivity index (χ0n) is 20.8. The van der Waals surface area contributed by atoms with Crippen LogP contribution < -0.4 is 16.2 Å². The Morgan fingerprint density at radius 2 is 1.94 bits per heavy atom. The summed E-state index contributed by atoms with van der Waals surface area (Å²) in [5.74, 6) is 2.67. The summed E-state index contributed by atoms with van der Waals surface area (Å²) in [5, 5.41) is 37.7. The van der Waals surface area contributed by atoms with Crippen molar-refractivity contribution >= 4 is 17.6 Å². The summed E-state index contributed by atoms with van der Waals surface area (Å²) in [4.78, 5) is 6.38. The number of likely N-dealkylation sites (N-methyl/N-ethyl adjacent to an activating group) is 1. The van der Waals surface area contributed by atoms with E-state index in [0.717, 1.165) is 32.6 Å². The van der Waals surface area contributed by atoms with Gasteiger partial charge in [-0.15, -0.1) is 0 Å². The van der Waals surface area contributed by atoms with E-state index >= 15 is 0 Å². The average molecular weight is 495 g/mol. The number of aromatic nitrogens is 1. The van der Waals surface area contributed by atoms with Crippen LogP contribution in [0.15, 0.2) is 47.8 Å². The lowest BCUT2D eigenvalue weighted by molar-refractivity contribution is -0.303. The van der Waals surface area contributed by atoms with Crippen LogP contribution in [0.5, 0.6) is 5.75 Å². The molecule has 192 valence electrons. The largest absolute Gasteiger partial charge is 0.432 e. The van der Waals surface area contributed by atoms with Crippen molar-refractivity contribution < 1.29 is 20.1 Å². The molecule has 10 nitrogen and oxygen atoms in total. The Morgan fingerprint density at radius 1 is 1.17 bits per heavy atom. The number of hydrogen-bond donors (Lipinski definition) is 5. The van der Waals surface area contributed by atoms with Gasteiger partial charge in [-0.3, -0.25) is 5.01 Å². The molecule has 1 aliphatic heterocycles. The first kappa shape index (κ1) is 27.0. The monoisotopic (exact) mass is 494 g/mol. The Balaban J connectivity index is 1.81. The lowest BCUT2D eigenvalue weighted by Gasteiger charge is -2.24. The number of benzene rings is 1. The van der Waals surface area contributed by atoms with Gasteiger partial charge in [0.05, 0.1) is 11.8 Å². The van der Waals surface area contributed by atoms with E-state index in [-0.39, 0.29) is 17.1 Å². The molecule has 1 saturated heterocycles. The van der Waals surface area contributed by atoms with E-state index in [2.05, 4.69) is 33.9 Å². The molecule has 1 aromatic carbocycles. The number of ether oxygens (including phenoxy) is 1. The second-order valence-corrected chi connectivity index (χ2v) is 9.18. The molecule has 1 aromatic heterocycles. The van der Waals surface area contributed by atoms with Crippen LogP contribution in [0.25, 0.3) is 5.57 Å². The highest BCUT2D eigenvalue weighted by atomic mass is 16.8. The molecule has 36 heavy (non-hydrogen) atoms. The van der Waals surface area contributed by atoms with Gasteiger partial charge in [0.1, 0.15) is 5.60 Å². The summed E-state index contributed by atoms with van der Waals surface area (Å²) in [6.45, 7) is 6.69. The van der Waals surface area contributed by atoms with Crippen molar-refractivity contribution in [2.75, 3.05) is 39.0 Å². The normalized spacial score (nSPS) is 15.9. The number of rotatable bonds is 6. The first-order valence-corrected chi connectivity index (χ1v) is 11.6. The Hall–Kier alpha value is -3.62. The molecule has 2 heterocycles. The molecule has 0 amide bonds. The molecule has 7 N–H and O–H groups in total. The van der Waals surface area contributed by atoms with Gasteiger partial charge in [-0.25, -0.2) is 4.98 Å². The lowest BCUT2D eigenvalue weighted by atomic mass is 10.1. The van der Waals surface area contributed by atoms with Gasteiger partial charge in [-0.2, -0.15) is 5.10 Å². The highest BCUT2D eigenvalue weighted by Gasteiger charge is 2.30. The summed E-state index contributed by atoms with van der Waals surface area (Å²) in [7, 11) is 2.09.